The molecule has 0 radical (unpaired) electrons. The Labute approximate surface area is 135 Å². The van der Waals surface area contributed by atoms with E-state index in [0.29, 0.717) is 48.6 Å². The fourth-order valence-electron chi connectivity index (χ4n) is 2.38. The van der Waals surface area contributed by atoms with E-state index in [4.69, 9.17) is 25.8 Å². The molecule has 0 aromatic heterocycles. The summed E-state index contributed by atoms with van der Waals surface area (Å²) in [6.07, 6.45) is 0.713. The van der Waals surface area contributed by atoms with Crippen LogP contribution in [0.15, 0.2) is 12.1 Å². The number of halogens is 1. The Hall–Kier alpha value is -1.46. The number of fused-ring (bicyclic) bond motifs is 1. The molecule has 1 aromatic rings. The SMILES string of the molecule is COC(=O)C(CC(C)C)NCc1cc(Cl)c2c(c1)OCCO2. The highest BCUT2D eigenvalue weighted by atomic mass is 35.5. The molecular formula is C16H22ClNO4. The lowest BCUT2D eigenvalue weighted by Crippen LogP contribution is -2.38. The largest absolute Gasteiger partial charge is 0.486 e. The maximum Gasteiger partial charge on any atom is 0.322 e. The summed E-state index contributed by atoms with van der Waals surface area (Å²) in [4.78, 5) is 11.8. The molecule has 1 N–H and O–H groups in total. The van der Waals surface area contributed by atoms with E-state index in [1.807, 2.05) is 12.1 Å². The lowest BCUT2D eigenvalue weighted by Gasteiger charge is -2.21. The number of ether oxygens (including phenoxy) is 3. The first-order valence-electron chi connectivity index (χ1n) is 7.40. The Kier molecular flexibility index (Phi) is 5.91. The van der Waals surface area contributed by atoms with E-state index in [1.54, 1.807) is 0 Å². The van der Waals surface area contributed by atoms with Crippen molar-refractivity contribution in [1.29, 1.82) is 0 Å². The van der Waals surface area contributed by atoms with Gasteiger partial charge >= 0.3 is 5.97 Å². The van der Waals surface area contributed by atoms with Gasteiger partial charge in [-0.05, 0) is 30.0 Å². The fraction of sp³-hybridized carbons (Fsp3) is 0.562. The summed E-state index contributed by atoms with van der Waals surface area (Å²) < 4.78 is 15.9. The minimum atomic E-state index is -0.336. The minimum absolute atomic E-state index is 0.252. The molecule has 2 rings (SSSR count). The van der Waals surface area contributed by atoms with Gasteiger partial charge in [-0.25, -0.2) is 0 Å². The Morgan fingerprint density at radius 3 is 2.77 bits per heavy atom. The zero-order valence-corrected chi connectivity index (χ0v) is 13.9. The topological polar surface area (TPSA) is 56.8 Å². The maximum atomic E-state index is 11.8. The van der Waals surface area contributed by atoms with E-state index in [1.165, 1.54) is 7.11 Å². The van der Waals surface area contributed by atoms with Crippen molar-refractivity contribution in [2.45, 2.75) is 32.9 Å². The molecule has 0 bridgehead atoms. The van der Waals surface area contributed by atoms with Crippen molar-refractivity contribution in [1.82, 2.24) is 5.32 Å². The number of carbonyl (C=O) groups is 1. The van der Waals surface area contributed by atoms with Crippen LogP contribution in [0.3, 0.4) is 0 Å². The van der Waals surface area contributed by atoms with Crippen LogP contribution in [0.5, 0.6) is 11.5 Å². The number of benzene rings is 1. The van der Waals surface area contributed by atoms with Gasteiger partial charge in [-0.3, -0.25) is 4.79 Å². The maximum absolute atomic E-state index is 11.8. The zero-order valence-electron chi connectivity index (χ0n) is 13.1. The number of hydrogen-bond acceptors (Lipinski definition) is 5. The number of methoxy groups -OCH3 is 1. The van der Waals surface area contributed by atoms with Crippen LogP contribution in [-0.4, -0.2) is 32.3 Å². The van der Waals surface area contributed by atoms with Gasteiger partial charge in [0.15, 0.2) is 11.5 Å². The van der Waals surface area contributed by atoms with Crippen LogP contribution in [0.4, 0.5) is 0 Å². The molecule has 0 saturated heterocycles. The molecule has 0 saturated carbocycles. The van der Waals surface area contributed by atoms with Gasteiger partial charge in [-0.1, -0.05) is 25.4 Å². The average molecular weight is 328 g/mol. The summed E-state index contributed by atoms with van der Waals surface area (Å²) in [5, 5.41) is 3.74. The third-order valence-electron chi connectivity index (χ3n) is 3.40. The molecule has 1 unspecified atom stereocenters. The first kappa shape index (κ1) is 16.9. The van der Waals surface area contributed by atoms with Crippen LogP contribution in [-0.2, 0) is 16.1 Å². The van der Waals surface area contributed by atoms with Crippen molar-refractivity contribution in [3.63, 3.8) is 0 Å². The van der Waals surface area contributed by atoms with Crippen LogP contribution in [0.1, 0.15) is 25.8 Å². The lowest BCUT2D eigenvalue weighted by atomic mass is 10.0. The first-order chi connectivity index (χ1) is 10.5. The molecule has 0 spiro atoms. The molecule has 0 aliphatic carbocycles. The molecule has 1 atom stereocenters. The van der Waals surface area contributed by atoms with Gasteiger partial charge in [0.05, 0.1) is 12.1 Å². The molecule has 1 aliphatic heterocycles. The Balaban J connectivity index is 2.06. The van der Waals surface area contributed by atoms with Gasteiger partial charge in [-0.2, -0.15) is 0 Å². The summed E-state index contributed by atoms with van der Waals surface area (Å²) in [7, 11) is 1.40. The van der Waals surface area contributed by atoms with Crippen LogP contribution < -0.4 is 14.8 Å². The number of rotatable bonds is 6. The molecule has 1 aliphatic rings. The number of esters is 1. The lowest BCUT2D eigenvalue weighted by molar-refractivity contribution is -0.143. The van der Waals surface area contributed by atoms with E-state index < -0.39 is 0 Å². The van der Waals surface area contributed by atoms with Crippen molar-refractivity contribution in [2.75, 3.05) is 20.3 Å². The third kappa shape index (κ3) is 4.27. The number of hydrogen-bond donors (Lipinski definition) is 1. The van der Waals surface area contributed by atoms with Crippen molar-refractivity contribution in [2.24, 2.45) is 5.92 Å². The van der Waals surface area contributed by atoms with Crippen LogP contribution in [0, 0.1) is 5.92 Å². The molecule has 5 nitrogen and oxygen atoms in total. The standard InChI is InChI=1S/C16H22ClNO4/c1-10(2)6-13(16(19)20-3)18-9-11-7-12(17)15-14(8-11)21-4-5-22-15/h7-8,10,13,18H,4-6,9H2,1-3H3. The molecule has 0 amide bonds. The fourth-order valence-corrected chi connectivity index (χ4v) is 2.67. The van der Waals surface area contributed by atoms with Crippen LogP contribution >= 0.6 is 11.6 Å². The van der Waals surface area contributed by atoms with E-state index in [0.717, 1.165) is 5.56 Å². The summed E-state index contributed by atoms with van der Waals surface area (Å²) in [5.74, 6) is 1.37. The van der Waals surface area contributed by atoms with Crippen LogP contribution in [0.25, 0.3) is 0 Å². The first-order valence-corrected chi connectivity index (χ1v) is 7.78. The minimum Gasteiger partial charge on any atom is -0.486 e. The van der Waals surface area contributed by atoms with Crippen LogP contribution in [0.2, 0.25) is 5.02 Å². The molecule has 1 aromatic carbocycles. The summed E-state index contributed by atoms with van der Waals surface area (Å²) in [6.45, 7) is 5.65. The van der Waals surface area contributed by atoms with E-state index >= 15 is 0 Å². The normalized spacial score (nSPS) is 14.8. The second-order valence-electron chi connectivity index (χ2n) is 5.69. The van der Waals surface area contributed by atoms with Gasteiger partial charge < -0.3 is 19.5 Å². The molecule has 22 heavy (non-hydrogen) atoms. The van der Waals surface area contributed by atoms with Gasteiger partial charge in [0.25, 0.3) is 0 Å². The highest BCUT2D eigenvalue weighted by Gasteiger charge is 2.21. The predicted molar refractivity (Wildman–Crippen MR) is 84.5 cm³/mol. The third-order valence-corrected chi connectivity index (χ3v) is 3.68. The van der Waals surface area contributed by atoms with Gasteiger partial charge in [0, 0.05) is 6.54 Å². The molecule has 6 heteroatoms. The van der Waals surface area contributed by atoms with Gasteiger partial charge in [0.1, 0.15) is 19.3 Å². The second-order valence-corrected chi connectivity index (χ2v) is 6.10. The summed E-state index contributed by atoms with van der Waals surface area (Å²) in [6, 6.07) is 3.38. The van der Waals surface area contributed by atoms with E-state index in [2.05, 4.69) is 19.2 Å². The predicted octanol–water partition coefficient (Wildman–Crippen LogP) is 2.79. The van der Waals surface area contributed by atoms with Crippen molar-refractivity contribution in [3.05, 3.63) is 22.7 Å². The number of carbonyl (C=O) groups excluding carboxylic acids is 1. The number of nitrogens with one attached hydrogen (secondary N) is 1. The second kappa shape index (κ2) is 7.70. The highest BCUT2D eigenvalue weighted by molar-refractivity contribution is 6.32. The monoisotopic (exact) mass is 327 g/mol. The zero-order chi connectivity index (χ0) is 16.1. The molecular weight excluding hydrogens is 306 g/mol. The molecule has 1 heterocycles. The quantitative estimate of drug-likeness (QED) is 0.814. The Morgan fingerprint density at radius 1 is 1.36 bits per heavy atom. The average Bonchev–Trinajstić information content (AvgIpc) is 2.50. The van der Waals surface area contributed by atoms with Gasteiger partial charge in [-0.15, -0.1) is 0 Å². The molecule has 122 valence electrons. The Morgan fingerprint density at radius 2 is 2.09 bits per heavy atom. The Bertz CT molecular complexity index is 533. The van der Waals surface area contributed by atoms with Crippen molar-refractivity contribution < 1.29 is 19.0 Å². The van der Waals surface area contributed by atoms with E-state index in [9.17, 15) is 4.79 Å². The highest BCUT2D eigenvalue weighted by Crippen LogP contribution is 2.38. The molecule has 0 fully saturated rings. The van der Waals surface area contributed by atoms with Gasteiger partial charge in [0.2, 0.25) is 0 Å². The van der Waals surface area contributed by atoms with Crippen molar-refractivity contribution in [3.8, 4) is 11.5 Å². The van der Waals surface area contributed by atoms with E-state index in [-0.39, 0.29) is 12.0 Å². The smallest absolute Gasteiger partial charge is 0.322 e. The summed E-state index contributed by atoms with van der Waals surface area (Å²) in [5.41, 5.74) is 0.937. The van der Waals surface area contributed by atoms with Crippen molar-refractivity contribution >= 4 is 17.6 Å². The summed E-state index contributed by atoms with van der Waals surface area (Å²) >= 11 is 6.21.